The van der Waals surface area contributed by atoms with Crippen LogP contribution >= 0.6 is 0 Å². The lowest BCUT2D eigenvalue weighted by molar-refractivity contribution is -0.304. The molecule has 0 saturated carbocycles. The first kappa shape index (κ1) is 53.4. The molecule has 6 atom stereocenters. The van der Waals surface area contributed by atoms with Crippen molar-refractivity contribution in [3.63, 3.8) is 0 Å². The molecule has 0 radical (unpaired) electrons. The third-order valence-corrected chi connectivity index (χ3v) is 10.8. The van der Waals surface area contributed by atoms with Crippen LogP contribution in [0.15, 0.2) is 12.2 Å². The third kappa shape index (κ3) is 30.1. The zero-order chi connectivity index (χ0) is 42.0. The second-order valence-electron chi connectivity index (χ2n) is 15.7. The molecule has 1 saturated heterocycles. The van der Waals surface area contributed by atoms with Gasteiger partial charge in [0.15, 0.2) is 12.4 Å². The van der Waals surface area contributed by atoms with Crippen LogP contribution in [0.25, 0.3) is 0 Å². The van der Waals surface area contributed by atoms with E-state index < -0.39 is 72.4 Å². The molecule has 14 heteroatoms. The van der Waals surface area contributed by atoms with Crippen LogP contribution in [0.4, 0.5) is 0 Å². The van der Waals surface area contributed by atoms with Crippen molar-refractivity contribution in [1.82, 2.24) is 0 Å². The van der Waals surface area contributed by atoms with Crippen LogP contribution < -0.4 is 0 Å². The molecule has 0 bridgehead atoms. The lowest BCUT2D eigenvalue weighted by Crippen LogP contribution is -2.59. The van der Waals surface area contributed by atoms with Crippen molar-refractivity contribution in [3.05, 3.63) is 12.2 Å². The minimum atomic E-state index is -4.88. The van der Waals surface area contributed by atoms with Gasteiger partial charge in [0.05, 0.1) is 13.2 Å². The molecular formula is C43H80O13S. The Balaban J connectivity index is 2.48. The predicted molar refractivity (Wildman–Crippen MR) is 221 cm³/mol. The van der Waals surface area contributed by atoms with Crippen LogP contribution in [0.2, 0.25) is 0 Å². The van der Waals surface area contributed by atoms with Gasteiger partial charge in [-0.3, -0.25) is 14.1 Å². The molecule has 1 aliphatic heterocycles. The van der Waals surface area contributed by atoms with Crippen LogP contribution in [0.1, 0.15) is 194 Å². The predicted octanol–water partition coefficient (Wildman–Crippen LogP) is 8.60. The summed E-state index contributed by atoms with van der Waals surface area (Å²) in [6, 6.07) is 0. The number of hydrogen-bond acceptors (Lipinski definition) is 12. The van der Waals surface area contributed by atoms with E-state index in [0.717, 1.165) is 57.8 Å². The van der Waals surface area contributed by atoms with Crippen molar-refractivity contribution in [3.8, 4) is 0 Å². The molecule has 4 N–H and O–H groups in total. The number of allylic oxidation sites excluding steroid dienone is 2. The smallest absolute Gasteiger partial charge is 0.397 e. The summed E-state index contributed by atoms with van der Waals surface area (Å²) in [5.41, 5.74) is 0. The van der Waals surface area contributed by atoms with Gasteiger partial charge in [-0.15, -0.1) is 0 Å². The average Bonchev–Trinajstić information content (AvgIpc) is 3.18. The number of aliphatic hydroxyl groups excluding tert-OH is 3. The number of esters is 2. The largest absolute Gasteiger partial charge is 0.462 e. The number of aliphatic hydroxyl groups is 3. The average molecular weight is 837 g/mol. The second kappa shape index (κ2) is 35.1. The standard InChI is InChI=1S/C43H80O13S/c1-3-5-7-9-11-13-15-17-18-20-21-23-25-27-29-31-38(44)52-33-36(34-53-43-42(48)41(47)40(46)37(56-43)35-54-57(49,50)51)55-39(45)32-30-28-26-24-22-19-16-14-12-10-8-6-4-2/h17-18,36-37,40-43,46-48H,3-16,19-35H2,1-2H3,(H,49,50,51). The fraction of sp³-hybridized carbons (Fsp3) is 0.907. The summed E-state index contributed by atoms with van der Waals surface area (Å²) in [7, 11) is -4.88. The number of rotatable bonds is 38. The highest BCUT2D eigenvalue weighted by molar-refractivity contribution is 7.80. The van der Waals surface area contributed by atoms with Gasteiger partial charge in [-0.05, 0) is 38.5 Å². The Morgan fingerprint density at radius 1 is 0.596 bits per heavy atom. The van der Waals surface area contributed by atoms with Gasteiger partial charge < -0.3 is 34.3 Å². The molecule has 0 aromatic rings. The third-order valence-electron chi connectivity index (χ3n) is 10.4. The molecule has 336 valence electrons. The van der Waals surface area contributed by atoms with Crippen molar-refractivity contribution in [1.29, 1.82) is 0 Å². The van der Waals surface area contributed by atoms with Crippen molar-refractivity contribution >= 4 is 22.3 Å². The van der Waals surface area contributed by atoms with Crippen molar-refractivity contribution in [2.75, 3.05) is 19.8 Å². The second-order valence-corrected chi connectivity index (χ2v) is 16.8. The van der Waals surface area contributed by atoms with E-state index in [1.165, 1.54) is 96.3 Å². The number of ether oxygens (including phenoxy) is 4. The zero-order valence-corrected chi connectivity index (χ0v) is 36.2. The van der Waals surface area contributed by atoms with E-state index in [-0.39, 0.29) is 19.4 Å². The summed E-state index contributed by atoms with van der Waals surface area (Å²) in [5.74, 6) is -0.944. The number of carbonyl (C=O) groups excluding carboxylic acids is 2. The molecule has 1 rings (SSSR count). The topological polar surface area (TPSA) is 195 Å². The quantitative estimate of drug-likeness (QED) is 0.0200. The van der Waals surface area contributed by atoms with E-state index in [2.05, 4.69) is 30.2 Å². The molecule has 1 fully saturated rings. The van der Waals surface area contributed by atoms with Gasteiger partial charge >= 0.3 is 22.3 Å². The highest BCUT2D eigenvalue weighted by Crippen LogP contribution is 2.23. The summed E-state index contributed by atoms with van der Waals surface area (Å²) < 4.78 is 57.3. The zero-order valence-electron chi connectivity index (χ0n) is 35.4. The first-order valence-electron chi connectivity index (χ1n) is 22.4. The van der Waals surface area contributed by atoms with E-state index in [1.54, 1.807) is 0 Å². The van der Waals surface area contributed by atoms with Crippen LogP contribution in [-0.4, -0.2) is 96.9 Å². The summed E-state index contributed by atoms with van der Waals surface area (Å²) >= 11 is 0. The normalized spacial score (nSPS) is 20.6. The Bertz CT molecular complexity index is 1120. The summed E-state index contributed by atoms with van der Waals surface area (Å²) in [4.78, 5) is 25.4. The SMILES string of the molecule is CCCCCCCCC=CCCCCCCCC(=O)OCC(COC1OC(COS(=O)(=O)O)C(O)C(O)C1O)OC(=O)CCCCCCCCCCCCCCC. The van der Waals surface area contributed by atoms with Gasteiger partial charge in [0.25, 0.3) is 0 Å². The lowest BCUT2D eigenvalue weighted by atomic mass is 9.99. The van der Waals surface area contributed by atoms with E-state index in [1.807, 2.05) is 0 Å². The minimum absolute atomic E-state index is 0.166. The minimum Gasteiger partial charge on any atom is -0.462 e. The maximum atomic E-state index is 12.8. The van der Waals surface area contributed by atoms with Crippen LogP contribution in [-0.2, 0) is 43.1 Å². The number of unbranched alkanes of at least 4 members (excludes halogenated alkanes) is 23. The van der Waals surface area contributed by atoms with Crippen LogP contribution in [0.3, 0.4) is 0 Å². The Morgan fingerprint density at radius 2 is 1.04 bits per heavy atom. The highest BCUT2D eigenvalue weighted by atomic mass is 32.3. The molecule has 1 heterocycles. The van der Waals surface area contributed by atoms with Crippen molar-refractivity contribution in [2.45, 2.75) is 230 Å². The molecule has 1 aliphatic rings. The van der Waals surface area contributed by atoms with E-state index >= 15 is 0 Å². The fourth-order valence-electron chi connectivity index (χ4n) is 6.79. The van der Waals surface area contributed by atoms with Gasteiger partial charge in [0.1, 0.15) is 31.0 Å². The van der Waals surface area contributed by atoms with Gasteiger partial charge in [-0.25, -0.2) is 4.18 Å². The maximum Gasteiger partial charge on any atom is 0.397 e. The lowest BCUT2D eigenvalue weighted by Gasteiger charge is -2.40. The van der Waals surface area contributed by atoms with Gasteiger partial charge in [0.2, 0.25) is 0 Å². The maximum absolute atomic E-state index is 12.8. The molecule has 0 spiro atoms. The Labute approximate surface area is 344 Å². The molecule has 57 heavy (non-hydrogen) atoms. The fourth-order valence-corrected chi connectivity index (χ4v) is 7.10. The molecule has 0 aliphatic carbocycles. The first-order chi connectivity index (χ1) is 27.5. The van der Waals surface area contributed by atoms with Crippen molar-refractivity contribution in [2.24, 2.45) is 0 Å². The Morgan fingerprint density at radius 3 is 1.51 bits per heavy atom. The van der Waals surface area contributed by atoms with E-state index in [4.69, 9.17) is 23.5 Å². The number of hydrogen-bond donors (Lipinski definition) is 4. The summed E-state index contributed by atoms with van der Waals surface area (Å²) in [6.07, 6.45) is 25.6. The monoisotopic (exact) mass is 837 g/mol. The first-order valence-corrected chi connectivity index (χ1v) is 23.8. The van der Waals surface area contributed by atoms with Crippen molar-refractivity contribution < 1.29 is 61.0 Å². The van der Waals surface area contributed by atoms with Gasteiger partial charge in [-0.1, -0.05) is 154 Å². The van der Waals surface area contributed by atoms with E-state index in [0.29, 0.717) is 12.8 Å². The number of carbonyl (C=O) groups is 2. The van der Waals surface area contributed by atoms with Crippen LogP contribution in [0, 0.1) is 0 Å². The van der Waals surface area contributed by atoms with Gasteiger partial charge in [-0.2, -0.15) is 8.42 Å². The summed E-state index contributed by atoms with van der Waals surface area (Å²) in [6.45, 7) is 2.89. The highest BCUT2D eigenvalue weighted by Gasteiger charge is 2.45. The molecular weight excluding hydrogens is 757 g/mol. The summed E-state index contributed by atoms with van der Waals surface area (Å²) in [5, 5.41) is 31.0. The van der Waals surface area contributed by atoms with Crippen LogP contribution in [0.5, 0.6) is 0 Å². The van der Waals surface area contributed by atoms with Gasteiger partial charge in [0, 0.05) is 12.8 Å². The molecule has 0 aromatic heterocycles. The Hall–Kier alpha value is -1.65. The Kier molecular flexibility index (Phi) is 32.9. The van der Waals surface area contributed by atoms with E-state index in [9.17, 15) is 33.3 Å². The molecule has 0 amide bonds. The molecule has 0 aromatic carbocycles. The molecule has 13 nitrogen and oxygen atoms in total. The molecule has 6 unspecified atom stereocenters.